The summed E-state index contributed by atoms with van der Waals surface area (Å²) in [5.74, 6) is 0.678. The first-order chi connectivity index (χ1) is 5.45. The van der Waals surface area contributed by atoms with Crippen LogP contribution in [-0.4, -0.2) is 22.4 Å². The third-order valence-electron chi connectivity index (χ3n) is 2.72. The second-order valence-electron chi connectivity index (χ2n) is 4.01. The number of aliphatic hydroxyl groups excluding tert-OH is 2. The van der Waals surface area contributed by atoms with Crippen LogP contribution in [0.2, 0.25) is 0 Å². The summed E-state index contributed by atoms with van der Waals surface area (Å²) in [4.78, 5) is 0. The van der Waals surface area contributed by atoms with Gasteiger partial charge >= 0.3 is 0 Å². The fraction of sp³-hybridized carbons (Fsp3) is 1.00. The molecular formula is C10H22O2. The maximum atomic E-state index is 9.21. The van der Waals surface area contributed by atoms with Gasteiger partial charge in [0.05, 0.1) is 12.2 Å². The average molecular weight is 174 g/mol. The van der Waals surface area contributed by atoms with E-state index < -0.39 is 0 Å². The topological polar surface area (TPSA) is 40.5 Å². The molecule has 4 unspecified atom stereocenters. The molecule has 0 saturated carbocycles. The predicted molar refractivity (Wildman–Crippen MR) is 50.9 cm³/mol. The zero-order chi connectivity index (χ0) is 9.72. The van der Waals surface area contributed by atoms with E-state index in [1.54, 1.807) is 0 Å². The van der Waals surface area contributed by atoms with Crippen molar-refractivity contribution < 1.29 is 10.2 Å². The lowest BCUT2D eigenvalue weighted by Crippen LogP contribution is -2.18. The molecule has 74 valence electrons. The van der Waals surface area contributed by atoms with E-state index >= 15 is 0 Å². The molecule has 0 aliphatic carbocycles. The lowest BCUT2D eigenvalue weighted by molar-refractivity contribution is 0.101. The Labute approximate surface area is 75.6 Å². The highest BCUT2D eigenvalue weighted by Crippen LogP contribution is 2.17. The third-order valence-corrected chi connectivity index (χ3v) is 2.72. The van der Waals surface area contributed by atoms with Crippen molar-refractivity contribution in [2.75, 3.05) is 0 Å². The SMILES string of the molecule is CC(O)C(C)CCC(C)C(C)O. The van der Waals surface area contributed by atoms with E-state index in [1.807, 2.05) is 27.7 Å². The van der Waals surface area contributed by atoms with Gasteiger partial charge < -0.3 is 10.2 Å². The molecule has 2 heteroatoms. The van der Waals surface area contributed by atoms with Gasteiger partial charge in [-0.05, 0) is 38.5 Å². The molecule has 0 fully saturated rings. The Hall–Kier alpha value is -0.0800. The van der Waals surface area contributed by atoms with Gasteiger partial charge in [-0.2, -0.15) is 0 Å². The maximum absolute atomic E-state index is 9.21. The summed E-state index contributed by atoms with van der Waals surface area (Å²) in [5, 5.41) is 18.4. The molecule has 12 heavy (non-hydrogen) atoms. The first-order valence-corrected chi connectivity index (χ1v) is 4.81. The molecular weight excluding hydrogens is 152 g/mol. The molecule has 0 aromatic rings. The van der Waals surface area contributed by atoms with Crippen LogP contribution in [0.1, 0.15) is 40.5 Å². The van der Waals surface area contributed by atoms with Crippen molar-refractivity contribution in [3.63, 3.8) is 0 Å². The maximum Gasteiger partial charge on any atom is 0.0537 e. The van der Waals surface area contributed by atoms with E-state index in [-0.39, 0.29) is 12.2 Å². The molecule has 2 nitrogen and oxygen atoms in total. The standard InChI is InChI=1S/C10H22O2/c1-7(9(3)11)5-6-8(2)10(4)12/h7-12H,5-6H2,1-4H3. The molecule has 4 atom stereocenters. The molecule has 2 N–H and O–H groups in total. The normalized spacial score (nSPS) is 21.5. The second kappa shape index (κ2) is 5.55. The highest BCUT2D eigenvalue weighted by molar-refractivity contribution is 4.64. The van der Waals surface area contributed by atoms with Crippen LogP contribution in [-0.2, 0) is 0 Å². The van der Waals surface area contributed by atoms with Crippen LogP contribution >= 0.6 is 0 Å². The van der Waals surface area contributed by atoms with Crippen molar-refractivity contribution in [2.24, 2.45) is 11.8 Å². The Morgan fingerprint density at radius 1 is 0.750 bits per heavy atom. The highest BCUT2D eigenvalue weighted by Gasteiger charge is 2.13. The van der Waals surface area contributed by atoms with E-state index in [2.05, 4.69) is 0 Å². The van der Waals surface area contributed by atoms with Crippen molar-refractivity contribution in [3.05, 3.63) is 0 Å². The van der Waals surface area contributed by atoms with Crippen LogP contribution in [0, 0.1) is 11.8 Å². The summed E-state index contributed by atoms with van der Waals surface area (Å²) < 4.78 is 0. The van der Waals surface area contributed by atoms with Crippen molar-refractivity contribution in [2.45, 2.75) is 52.7 Å². The Kier molecular flexibility index (Phi) is 5.51. The van der Waals surface area contributed by atoms with Gasteiger partial charge in [0.1, 0.15) is 0 Å². The van der Waals surface area contributed by atoms with Crippen molar-refractivity contribution in [3.8, 4) is 0 Å². The van der Waals surface area contributed by atoms with Gasteiger partial charge in [-0.3, -0.25) is 0 Å². The molecule has 0 aromatic carbocycles. The number of rotatable bonds is 5. The van der Waals surface area contributed by atoms with Crippen molar-refractivity contribution in [1.82, 2.24) is 0 Å². The van der Waals surface area contributed by atoms with Crippen LogP contribution in [0.5, 0.6) is 0 Å². The minimum atomic E-state index is -0.230. The Morgan fingerprint density at radius 2 is 1.00 bits per heavy atom. The Bertz CT molecular complexity index is 96.4. The van der Waals surface area contributed by atoms with Crippen LogP contribution in [0.25, 0.3) is 0 Å². The Balaban J connectivity index is 3.54. The molecule has 0 heterocycles. The zero-order valence-electron chi connectivity index (χ0n) is 8.62. The minimum Gasteiger partial charge on any atom is -0.393 e. The smallest absolute Gasteiger partial charge is 0.0537 e. The zero-order valence-corrected chi connectivity index (χ0v) is 8.62. The second-order valence-corrected chi connectivity index (χ2v) is 4.01. The fourth-order valence-electron chi connectivity index (χ4n) is 1.01. The third kappa shape index (κ3) is 4.73. The fourth-order valence-corrected chi connectivity index (χ4v) is 1.01. The van der Waals surface area contributed by atoms with E-state index in [1.165, 1.54) is 0 Å². The molecule has 0 rings (SSSR count). The monoisotopic (exact) mass is 174 g/mol. The van der Waals surface area contributed by atoms with E-state index in [0.717, 1.165) is 12.8 Å². The van der Waals surface area contributed by atoms with E-state index in [0.29, 0.717) is 11.8 Å². The lowest BCUT2D eigenvalue weighted by atomic mass is 9.92. The van der Waals surface area contributed by atoms with Gasteiger partial charge in [-0.25, -0.2) is 0 Å². The summed E-state index contributed by atoms with van der Waals surface area (Å²) in [7, 11) is 0. The van der Waals surface area contributed by atoms with Gasteiger partial charge in [0, 0.05) is 0 Å². The van der Waals surface area contributed by atoms with Gasteiger partial charge in [0.15, 0.2) is 0 Å². The van der Waals surface area contributed by atoms with Gasteiger partial charge in [0.2, 0.25) is 0 Å². The summed E-state index contributed by atoms with van der Waals surface area (Å²) in [6, 6.07) is 0. The van der Waals surface area contributed by atoms with Crippen LogP contribution < -0.4 is 0 Å². The van der Waals surface area contributed by atoms with Crippen molar-refractivity contribution in [1.29, 1.82) is 0 Å². The van der Waals surface area contributed by atoms with Gasteiger partial charge in [0.25, 0.3) is 0 Å². The highest BCUT2D eigenvalue weighted by atomic mass is 16.3. The predicted octanol–water partition coefficient (Wildman–Crippen LogP) is 1.80. The quantitative estimate of drug-likeness (QED) is 0.667. The number of hydrogen-bond acceptors (Lipinski definition) is 2. The number of aliphatic hydroxyl groups is 2. The molecule has 0 bridgehead atoms. The molecule has 0 aromatic heterocycles. The first kappa shape index (κ1) is 11.9. The summed E-state index contributed by atoms with van der Waals surface area (Å²) >= 11 is 0. The molecule has 0 spiro atoms. The molecule has 0 radical (unpaired) electrons. The molecule has 0 aliphatic heterocycles. The van der Waals surface area contributed by atoms with Gasteiger partial charge in [-0.15, -0.1) is 0 Å². The van der Waals surface area contributed by atoms with E-state index in [4.69, 9.17) is 0 Å². The summed E-state index contributed by atoms with van der Waals surface area (Å²) in [6.45, 7) is 7.72. The summed E-state index contributed by atoms with van der Waals surface area (Å²) in [6.07, 6.45) is 1.52. The molecule has 0 saturated heterocycles. The van der Waals surface area contributed by atoms with Gasteiger partial charge in [-0.1, -0.05) is 13.8 Å². The van der Waals surface area contributed by atoms with Crippen LogP contribution in [0.15, 0.2) is 0 Å². The minimum absolute atomic E-state index is 0.230. The molecule has 0 aliphatic rings. The lowest BCUT2D eigenvalue weighted by Gasteiger charge is -2.19. The first-order valence-electron chi connectivity index (χ1n) is 4.81. The van der Waals surface area contributed by atoms with Crippen LogP contribution in [0.3, 0.4) is 0 Å². The van der Waals surface area contributed by atoms with Crippen molar-refractivity contribution >= 4 is 0 Å². The average Bonchev–Trinajstić information content (AvgIpc) is 1.98. The van der Waals surface area contributed by atoms with E-state index in [9.17, 15) is 10.2 Å². The molecule has 0 amide bonds. The van der Waals surface area contributed by atoms with Crippen LogP contribution in [0.4, 0.5) is 0 Å². The summed E-state index contributed by atoms with van der Waals surface area (Å²) in [5.41, 5.74) is 0. The largest absolute Gasteiger partial charge is 0.393 e. The Morgan fingerprint density at radius 3 is 1.17 bits per heavy atom. The number of hydrogen-bond donors (Lipinski definition) is 2.